The van der Waals surface area contributed by atoms with Crippen molar-refractivity contribution in [1.29, 1.82) is 0 Å². The lowest BCUT2D eigenvalue weighted by atomic mass is 10.2. The van der Waals surface area contributed by atoms with E-state index in [-0.39, 0.29) is 16.1 Å². The molecule has 3 rings (SSSR count). The van der Waals surface area contributed by atoms with Crippen molar-refractivity contribution in [3.05, 3.63) is 51.9 Å². The molecule has 1 amide bonds. The van der Waals surface area contributed by atoms with Gasteiger partial charge in [-0.2, -0.15) is 4.31 Å². The molecule has 1 aliphatic rings. The Morgan fingerprint density at radius 2 is 1.79 bits per heavy atom. The minimum Gasteiger partial charge on any atom is -0.495 e. The van der Waals surface area contributed by atoms with Crippen molar-refractivity contribution in [3.63, 3.8) is 0 Å². The van der Waals surface area contributed by atoms with Crippen LogP contribution in [0.1, 0.15) is 35.3 Å². The van der Waals surface area contributed by atoms with Crippen LogP contribution in [-0.4, -0.2) is 43.4 Å². The van der Waals surface area contributed by atoms with Crippen LogP contribution in [-0.2, 0) is 17.1 Å². The molecule has 0 aliphatic carbocycles. The van der Waals surface area contributed by atoms with Gasteiger partial charge in [0.25, 0.3) is 11.5 Å². The predicted octanol–water partition coefficient (Wildman–Crippen LogP) is 2.13. The van der Waals surface area contributed by atoms with Gasteiger partial charge in [-0.05, 0) is 50.1 Å². The Morgan fingerprint density at radius 3 is 2.45 bits per heavy atom. The summed E-state index contributed by atoms with van der Waals surface area (Å²) in [7, 11) is -0.660. The number of piperidine rings is 1. The zero-order valence-corrected chi connectivity index (χ0v) is 17.6. The van der Waals surface area contributed by atoms with Crippen molar-refractivity contribution >= 4 is 21.6 Å². The Bertz CT molecular complexity index is 1090. The summed E-state index contributed by atoms with van der Waals surface area (Å²) in [6.45, 7) is 2.73. The van der Waals surface area contributed by atoms with Gasteiger partial charge >= 0.3 is 0 Å². The first kappa shape index (κ1) is 21.1. The number of carbonyl (C=O) groups is 1. The van der Waals surface area contributed by atoms with Gasteiger partial charge in [0.05, 0.1) is 17.7 Å². The quantitative estimate of drug-likeness (QED) is 0.801. The van der Waals surface area contributed by atoms with Gasteiger partial charge in [0, 0.05) is 25.8 Å². The Morgan fingerprint density at radius 1 is 1.10 bits per heavy atom. The zero-order valence-electron chi connectivity index (χ0n) is 16.8. The van der Waals surface area contributed by atoms with Gasteiger partial charge in [-0.1, -0.05) is 6.42 Å². The average Bonchev–Trinajstić information content (AvgIpc) is 2.72. The van der Waals surface area contributed by atoms with Crippen LogP contribution in [0, 0.1) is 6.92 Å². The molecule has 0 radical (unpaired) electrons. The van der Waals surface area contributed by atoms with Crippen LogP contribution in [0.4, 0.5) is 5.69 Å². The summed E-state index contributed by atoms with van der Waals surface area (Å²) in [5.74, 6) is -0.323. The van der Waals surface area contributed by atoms with Crippen LogP contribution in [0.3, 0.4) is 0 Å². The molecule has 1 aromatic carbocycles. The summed E-state index contributed by atoms with van der Waals surface area (Å²) >= 11 is 0. The maximum atomic E-state index is 13.0. The Hall–Kier alpha value is -2.65. The molecule has 8 nitrogen and oxygen atoms in total. The second-order valence-electron chi connectivity index (χ2n) is 7.03. The van der Waals surface area contributed by atoms with E-state index in [0.717, 1.165) is 25.0 Å². The molecule has 29 heavy (non-hydrogen) atoms. The Labute approximate surface area is 170 Å². The highest BCUT2D eigenvalue weighted by molar-refractivity contribution is 7.89. The molecule has 2 aromatic rings. The van der Waals surface area contributed by atoms with Crippen LogP contribution >= 0.6 is 0 Å². The fourth-order valence-electron chi connectivity index (χ4n) is 3.29. The minimum atomic E-state index is -3.67. The second-order valence-corrected chi connectivity index (χ2v) is 8.97. The van der Waals surface area contributed by atoms with Gasteiger partial charge in [-0.25, -0.2) is 8.42 Å². The normalized spacial score (nSPS) is 15.1. The van der Waals surface area contributed by atoms with Gasteiger partial charge in [0.2, 0.25) is 10.0 Å². The number of hydrogen-bond acceptors (Lipinski definition) is 5. The first-order chi connectivity index (χ1) is 13.8. The SMILES string of the molecule is COc1ccc(S(=O)(=O)N2CCCCC2)cc1NC(=O)c1ccc(C)n(C)c1=O. The number of sulfonamides is 1. The van der Waals surface area contributed by atoms with Gasteiger partial charge in [0.15, 0.2) is 0 Å². The fraction of sp³-hybridized carbons (Fsp3) is 0.400. The van der Waals surface area contributed by atoms with Crippen LogP contribution < -0.4 is 15.6 Å². The third-order valence-corrected chi connectivity index (χ3v) is 7.07. The number of rotatable bonds is 5. The van der Waals surface area contributed by atoms with Crippen molar-refractivity contribution in [2.24, 2.45) is 7.05 Å². The number of methoxy groups -OCH3 is 1. The fourth-order valence-corrected chi connectivity index (χ4v) is 4.83. The van der Waals surface area contributed by atoms with Crippen molar-refractivity contribution in [2.75, 3.05) is 25.5 Å². The summed E-state index contributed by atoms with van der Waals surface area (Å²) in [6.07, 6.45) is 2.67. The maximum Gasteiger partial charge on any atom is 0.263 e. The van der Waals surface area contributed by atoms with Crippen LogP contribution in [0.15, 0.2) is 40.0 Å². The van der Waals surface area contributed by atoms with Gasteiger partial charge in [-0.15, -0.1) is 0 Å². The third-order valence-electron chi connectivity index (χ3n) is 5.17. The number of aryl methyl sites for hydroxylation is 1. The number of ether oxygens (including phenoxy) is 1. The standard InChI is InChI=1S/C20H25N3O5S/c1-14-7-9-16(20(25)22(14)2)19(24)21-17-13-15(8-10-18(17)28-3)29(26,27)23-11-5-4-6-12-23/h7-10,13H,4-6,11-12H2,1-3H3,(H,21,24). The van der Waals surface area contributed by atoms with Crippen molar-refractivity contribution < 1.29 is 17.9 Å². The van der Waals surface area contributed by atoms with Crippen molar-refractivity contribution in [2.45, 2.75) is 31.1 Å². The van der Waals surface area contributed by atoms with E-state index in [1.807, 2.05) is 0 Å². The van der Waals surface area contributed by atoms with Gasteiger partial charge in [0.1, 0.15) is 11.3 Å². The van der Waals surface area contributed by atoms with E-state index in [2.05, 4.69) is 5.32 Å². The third kappa shape index (κ3) is 4.20. The van der Waals surface area contributed by atoms with Gasteiger partial charge < -0.3 is 14.6 Å². The largest absolute Gasteiger partial charge is 0.495 e. The number of amides is 1. The molecule has 1 aliphatic heterocycles. The molecule has 0 unspecified atom stereocenters. The highest BCUT2D eigenvalue weighted by atomic mass is 32.2. The molecular weight excluding hydrogens is 394 g/mol. The van der Waals surface area contributed by atoms with E-state index in [9.17, 15) is 18.0 Å². The molecule has 1 fully saturated rings. The summed E-state index contributed by atoms with van der Waals surface area (Å²) in [4.78, 5) is 25.1. The second kappa shape index (κ2) is 8.38. The van der Waals surface area contributed by atoms with Crippen LogP contribution in [0.25, 0.3) is 0 Å². The van der Waals surface area contributed by atoms with Crippen LogP contribution in [0.2, 0.25) is 0 Å². The number of aromatic nitrogens is 1. The highest BCUT2D eigenvalue weighted by Gasteiger charge is 2.27. The molecule has 1 saturated heterocycles. The topological polar surface area (TPSA) is 97.7 Å². The first-order valence-electron chi connectivity index (χ1n) is 9.42. The smallest absolute Gasteiger partial charge is 0.263 e. The molecule has 0 spiro atoms. The first-order valence-corrected chi connectivity index (χ1v) is 10.9. The predicted molar refractivity (Wildman–Crippen MR) is 110 cm³/mol. The molecule has 156 valence electrons. The van der Waals surface area contributed by atoms with E-state index in [1.54, 1.807) is 20.0 Å². The lowest BCUT2D eigenvalue weighted by Gasteiger charge is -2.26. The monoisotopic (exact) mass is 419 g/mol. The van der Waals surface area contributed by atoms with E-state index >= 15 is 0 Å². The Kier molecular flexibility index (Phi) is 6.09. The summed E-state index contributed by atoms with van der Waals surface area (Å²) in [6, 6.07) is 7.46. The Balaban J connectivity index is 1.95. The highest BCUT2D eigenvalue weighted by Crippen LogP contribution is 2.30. The van der Waals surface area contributed by atoms with E-state index in [0.29, 0.717) is 18.8 Å². The minimum absolute atomic E-state index is 0.0376. The summed E-state index contributed by atoms with van der Waals surface area (Å²) in [5.41, 5.74) is 0.444. The lowest BCUT2D eigenvalue weighted by Crippen LogP contribution is -2.35. The molecule has 0 bridgehead atoms. The molecule has 1 aromatic heterocycles. The number of carbonyl (C=O) groups excluding carboxylic acids is 1. The zero-order chi connectivity index (χ0) is 21.2. The molecule has 1 N–H and O–H groups in total. The van der Waals surface area contributed by atoms with E-state index in [4.69, 9.17) is 4.74 Å². The van der Waals surface area contributed by atoms with Gasteiger partial charge in [-0.3, -0.25) is 9.59 Å². The molecular formula is C20H25N3O5S. The maximum absolute atomic E-state index is 13.0. The lowest BCUT2D eigenvalue weighted by molar-refractivity contribution is 0.102. The number of pyridine rings is 1. The molecule has 2 heterocycles. The number of nitrogens with zero attached hydrogens (tertiary/aromatic N) is 2. The number of nitrogens with one attached hydrogen (secondary N) is 1. The number of benzene rings is 1. The summed E-state index contributed by atoms with van der Waals surface area (Å²) in [5, 5.41) is 2.62. The number of hydrogen-bond donors (Lipinski definition) is 1. The van der Waals surface area contributed by atoms with E-state index in [1.165, 1.54) is 40.2 Å². The molecule has 0 saturated carbocycles. The summed E-state index contributed by atoms with van der Waals surface area (Å²) < 4.78 is 34.0. The molecule has 0 atom stereocenters. The molecule has 9 heteroatoms. The van der Waals surface area contributed by atoms with Crippen molar-refractivity contribution in [1.82, 2.24) is 8.87 Å². The average molecular weight is 420 g/mol. The number of anilines is 1. The van der Waals surface area contributed by atoms with E-state index < -0.39 is 21.5 Å². The van der Waals surface area contributed by atoms with Crippen molar-refractivity contribution in [3.8, 4) is 5.75 Å². The van der Waals surface area contributed by atoms with Crippen LogP contribution in [0.5, 0.6) is 5.75 Å².